The van der Waals surface area contributed by atoms with Gasteiger partial charge < -0.3 is 14.7 Å². The summed E-state index contributed by atoms with van der Waals surface area (Å²) < 4.78 is 4.95. The fourth-order valence-electron chi connectivity index (χ4n) is 3.22. The predicted octanol–water partition coefficient (Wildman–Crippen LogP) is 5.33. The minimum absolute atomic E-state index is 0.0559. The number of carbonyl (C=O) groups is 2. The van der Waals surface area contributed by atoms with Crippen LogP contribution in [-0.2, 0) is 9.59 Å². The van der Waals surface area contributed by atoms with Crippen molar-refractivity contribution < 1.29 is 14.1 Å². The van der Waals surface area contributed by atoms with Crippen LogP contribution in [0.1, 0.15) is 90.7 Å². The highest BCUT2D eigenvalue weighted by atomic mass is 16.5. The van der Waals surface area contributed by atoms with Crippen LogP contribution in [0, 0.1) is 12.8 Å². The fraction of sp³-hybridized carbons (Fsp3) is 0.773. The number of anilines is 1. The Morgan fingerprint density at radius 3 is 2.21 bits per heavy atom. The van der Waals surface area contributed by atoms with Crippen molar-refractivity contribution in [2.24, 2.45) is 5.92 Å². The molecule has 0 bridgehead atoms. The Bertz CT molecular complexity index is 569. The molecule has 6 nitrogen and oxygen atoms in total. The minimum Gasteiger partial charge on any atom is -0.360 e. The SMILES string of the molecule is CCCCCCCCCCCC(=O)N(CC(=O)Nc1cc(C)on1)CC(C)C. The van der Waals surface area contributed by atoms with Crippen molar-refractivity contribution in [3.8, 4) is 0 Å². The van der Waals surface area contributed by atoms with Gasteiger partial charge in [0.1, 0.15) is 5.76 Å². The van der Waals surface area contributed by atoms with Gasteiger partial charge in [0.25, 0.3) is 0 Å². The highest BCUT2D eigenvalue weighted by molar-refractivity contribution is 5.93. The van der Waals surface area contributed by atoms with Gasteiger partial charge >= 0.3 is 0 Å². The van der Waals surface area contributed by atoms with Gasteiger partial charge in [-0.2, -0.15) is 0 Å². The van der Waals surface area contributed by atoms with E-state index in [-0.39, 0.29) is 18.4 Å². The van der Waals surface area contributed by atoms with Crippen molar-refractivity contribution >= 4 is 17.6 Å². The number of unbranched alkanes of at least 4 members (excludes halogenated alkanes) is 8. The first-order valence-electron chi connectivity index (χ1n) is 10.9. The molecule has 0 aliphatic rings. The second-order valence-corrected chi connectivity index (χ2v) is 8.12. The first kappa shape index (κ1) is 24.2. The molecule has 0 aliphatic carbocycles. The molecule has 0 unspecified atom stereocenters. The molecule has 1 heterocycles. The van der Waals surface area contributed by atoms with Crippen LogP contribution in [0.15, 0.2) is 10.6 Å². The summed E-state index contributed by atoms with van der Waals surface area (Å²) in [7, 11) is 0. The molecule has 160 valence electrons. The van der Waals surface area contributed by atoms with Crippen molar-refractivity contribution in [1.82, 2.24) is 10.1 Å². The average molecular weight is 394 g/mol. The Balaban J connectivity index is 2.30. The summed E-state index contributed by atoms with van der Waals surface area (Å²) in [6.07, 6.45) is 11.5. The number of carbonyl (C=O) groups excluding carboxylic acids is 2. The van der Waals surface area contributed by atoms with E-state index in [0.29, 0.717) is 30.5 Å². The van der Waals surface area contributed by atoms with Gasteiger partial charge in [-0.3, -0.25) is 9.59 Å². The van der Waals surface area contributed by atoms with Gasteiger partial charge in [-0.1, -0.05) is 77.3 Å². The molecular formula is C22H39N3O3. The lowest BCUT2D eigenvalue weighted by Gasteiger charge is -2.24. The molecule has 28 heavy (non-hydrogen) atoms. The van der Waals surface area contributed by atoms with Gasteiger partial charge in [0.15, 0.2) is 5.82 Å². The van der Waals surface area contributed by atoms with E-state index < -0.39 is 0 Å². The molecule has 1 aromatic heterocycles. The van der Waals surface area contributed by atoms with Crippen LogP contribution in [0.2, 0.25) is 0 Å². The summed E-state index contributed by atoms with van der Waals surface area (Å²) in [4.78, 5) is 26.5. The number of aryl methyl sites for hydroxylation is 1. The third-order valence-electron chi connectivity index (χ3n) is 4.66. The average Bonchev–Trinajstić information content (AvgIpc) is 3.03. The van der Waals surface area contributed by atoms with Crippen molar-refractivity contribution in [3.05, 3.63) is 11.8 Å². The predicted molar refractivity (Wildman–Crippen MR) is 113 cm³/mol. The second kappa shape index (κ2) is 14.2. The maximum absolute atomic E-state index is 12.6. The number of rotatable bonds is 15. The number of hydrogen-bond acceptors (Lipinski definition) is 4. The zero-order valence-corrected chi connectivity index (χ0v) is 18.3. The summed E-state index contributed by atoms with van der Waals surface area (Å²) in [5.41, 5.74) is 0. The first-order valence-corrected chi connectivity index (χ1v) is 10.9. The third-order valence-corrected chi connectivity index (χ3v) is 4.66. The summed E-state index contributed by atoms with van der Waals surface area (Å²) >= 11 is 0. The van der Waals surface area contributed by atoms with Crippen LogP contribution in [-0.4, -0.2) is 35.0 Å². The number of nitrogens with one attached hydrogen (secondary N) is 1. The van der Waals surface area contributed by atoms with E-state index in [0.717, 1.165) is 12.8 Å². The van der Waals surface area contributed by atoms with Crippen LogP contribution in [0.25, 0.3) is 0 Å². The molecule has 6 heteroatoms. The summed E-state index contributed by atoms with van der Waals surface area (Å²) in [5, 5.41) is 6.45. The van der Waals surface area contributed by atoms with E-state index in [1.54, 1.807) is 17.9 Å². The summed E-state index contributed by atoms with van der Waals surface area (Å²) in [6.45, 7) is 8.75. The maximum atomic E-state index is 12.6. The van der Waals surface area contributed by atoms with Crippen LogP contribution in [0.4, 0.5) is 5.82 Å². The Morgan fingerprint density at radius 1 is 1.07 bits per heavy atom. The first-order chi connectivity index (χ1) is 13.4. The Hall–Kier alpha value is -1.85. The molecule has 1 N–H and O–H groups in total. The topological polar surface area (TPSA) is 75.4 Å². The monoisotopic (exact) mass is 393 g/mol. The van der Waals surface area contributed by atoms with Gasteiger partial charge in [-0.15, -0.1) is 0 Å². The van der Waals surface area contributed by atoms with Gasteiger partial charge in [0.2, 0.25) is 11.8 Å². The third kappa shape index (κ3) is 11.1. The molecule has 1 aromatic rings. The van der Waals surface area contributed by atoms with E-state index >= 15 is 0 Å². The zero-order valence-electron chi connectivity index (χ0n) is 18.3. The van der Waals surface area contributed by atoms with Gasteiger partial charge in [-0.25, -0.2) is 0 Å². The van der Waals surface area contributed by atoms with E-state index in [2.05, 4.69) is 31.2 Å². The molecule has 0 radical (unpaired) electrons. The normalized spacial score (nSPS) is 11.0. The molecule has 0 spiro atoms. The lowest BCUT2D eigenvalue weighted by atomic mass is 10.1. The number of amides is 2. The Kier molecular flexibility index (Phi) is 12.3. The molecule has 0 aliphatic heterocycles. The van der Waals surface area contributed by atoms with Crippen LogP contribution in [0.3, 0.4) is 0 Å². The van der Waals surface area contributed by atoms with Gasteiger partial charge in [0, 0.05) is 19.0 Å². The quantitative estimate of drug-likeness (QED) is 0.409. The largest absolute Gasteiger partial charge is 0.360 e. The van der Waals surface area contributed by atoms with E-state index in [1.165, 1.54) is 44.9 Å². The van der Waals surface area contributed by atoms with Crippen molar-refractivity contribution in [1.29, 1.82) is 0 Å². The van der Waals surface area contributed by atoms with E-state index in [9.17, 15) is 9.59 Å². The number of hydrogen-bond donors (Lipinski definition) is 1. The standard InChI is InChI=1S/C22H39N3O3/c1-5-6-7-8-9-10-11-12-13-14-22(27)25(16-18(2)3)17-21(26)23-20-15-19(4)28-24-20/h15,18H,5-14,16-17H2,1-4H3,(H,23,24,26). The zero-order chi connectivity index (χ0) is 20.8. The molecule has 1 rings (SSSR count). The second-order valence-electron chi connectivity index (χ2n) is 8.12. The Labute approximate surface area is 170 Å². The molecule has 0 atom stereocenters. The minimum atomic E-state index is -0.241. The lowest BCUT2D eigenvalue weighted by Crippen LogP contribution is -2.40. The molecule has 0 aromatic carbocycles. The number of aromatic nitrogens is 1. The van der Waals surface area contributed by atoms with Crippen molar-refractivity contribution in [2.75, 3.05) is 18.4 Å². The van der Waals surface area contributed by atoms with E-state index in [1.807, 2.05) is 0 Å². The number of nitrogens with zero attached hydrogens (tertiary/aromatic N) is 2. The maximum Gasteiger partial charge on any atom is 0.245 e. The molecule has 0 fully saturated rings. The summed E-state index contributed by atoms with van der Waals surface area (Å²) in [5.74, 6) is 1.15. The van der Waals surface area contributed by atoms with Gasteiger partial charge in [-0.05, 0) is 19.3 Å². The molecular weight excluding hydrogens is 354 g/mol. The lowest BCUT2D eigenvalue weighted by molar-refractivity contribution is -0.135. The molecule has 2 amide bonds. The van der Waals surface area contributed by atoms with Crippen molar-refractivity contribution in [3.63, 3.8) is 0 Å². The highest BCUT2D eigenvalue weighted by Gasteiger charge is 2.18. The smallest absolute Gasteiger partial charge is 0.245 e. The Morgan fingerprint density at radius 2 is 1.68 bits per heavy atom. The molecule has 0 saturated heterocycles. The highest BCUT2D eigenvalue weighted by Crippen LogP contribution is 2.12. The molecule has 0 saturated carbocycles. The van der Waals surface area contributed by atoms with Crippen LogP contribution in [0.5, 0.6) is 0 Å². The van der Waals surface area contributed by atoms with Gasteiger partial charge in [0.05, 0.1) is 6.54 Å². The fourth-order valence-corrected chi connectivity index (χ4v) is 3.22. The van der Waals surface area contributed by atoms with Crippen LogP contribution >= 0.6 is 0 Å². The van der Waals surface area contributed by atoms with E-state index in [4.69, 9.17) is 4.52 Å². The van der Waals surface area contributed by atoms with Crippen molar-refractivity contribution in [2.45, 2.75) is 91.9 Å². The summed E-state index contributed by atoms with van der Waals surface area (Å²) in [6, 6.07) is 1.66. The van der Waals surface area contributed by atoms with Crippen LogP contribution < -0.4 is 5.32 Å².